The summed E-state index contributed by atoms with van der Waals surface area (Å²) in [5.74, 6) is 0.145. The lowest BCUT2D eigenvalue weighted by Crippen LogP contribution is -2.23. The molecule has 0 radical (unpaired) electrons. The average Bonchev–Trinajstić information content (AvgIpc) is 3.15. The molecule has 31 heavy (non-hydrogen) atoms. The van der Waals surface area contributed by atoms with Crippen LogP contribution in [0.5, 0.6) is 0 Å². The molecule has 6 nitrogen and oxygen atoms in total. The second kappa shape index (κ2) is 9.87. The number of rotatable bonds is 8. The summed E-state index contributed by atoms with van der Waals surface area (Å²) in [5, 5.41) is 13.6. The minimum atomic E-state index is -0.173. The first-order valence-corrected chi connectivity index (χ1v) is 11.5. The fourth-order valence-corrected chi connectivity index (χ4v) is 4.61. The first kappa shape index (κ1) is 21.9. The summed E-state index contributed by atoms with van der Waals surface area (Å²) in [6, 6.07) is 17.1. The Bertz CT molecular complexity index is 1240. The van der Waals surface area contributed by atoms with Crippen molar-refractivity contribution in [3.8, 4) is 0 Å². The molecule has 1 atom stereocenters. The third-order valence-electron chi connectivity index (χ3n) is 5.06. The van der Waals surface area contributed by atoms with Gasteiger partial charge < -0.3 is 5.73 Å². The molecule has 0 saturated heterocycles. The number of fused-ring (bicyclic) bond motifs is 1. The van der Waals surface area contributed by atoms with Gasteiger partial charge in [0.15, 0.2) is 5.03 Å². The van der Waals surface area contributed by atoms with Gasteiger partial charge in [-0.05, 0) is 55.1 Å². The Morgan fingerprint density at radius 3 is 2.61 bits per heavy atom. The highest BCUT2D eigenvalue weighted by Gasteiger charge is 2.16. The number of benzene rings is 2. The van der Waals surface area contributed by atoms with Crippen LogP contribution in [-0.2, 0) is 6.54 Å². The molecule has 2 heterocycles. The van der Waals surface area contributed by atoms with Gasteiger partial charge in [0.1, 0.15) is 5.52 Å². The number of halogens is 2. The molecule has 9 heteroatoms. The second-order valence-electron chi connectivity index (χ2n) is 7.15. The van der Waals surface area contributed by atoms with E-state index in [-0.39, 0.29) is 11.5 Å². The molecular weight excluding hydrogens is 453 g/mol. The molecule has 2 aromatic carbocycles. The smallest absolute Gasteiger partial charge is 0.268 e. The molecular formula is C22H21Cl2N5OS. The Kier molecular flexibility index (Phi) is 6.97. The summed E-state index contributed by atoms with van der Waals surface area (Å²) in [6.07, 6.45) is 1.47. The Labute approximate surface area is 193 Å². The first-order chi connectivity index (χ1) is 15.0. The largest absolute Gasteiger partial charge is 0.330 e. The molecule has 0 fully saturated rings. The van der Waals surface area contributed by atoms with Crippen LogP contribution in [-0.4, -0.2) is 26.5 Å². The molecule has 0 aliphatic carbocycles. The monoisotopic (exact) mass is 473 g/mol. The van der Waals surface area contributed by atoms with Crippen LogP contribution in [0.1, 0.15) is 24.3 Å². The Balaban J connectivity index is 1.58. The molecule has 0 spiro atoms. The van der Waals surface area contributed by atoms with E-state index in [1.165, 1.54) is 16.4 Å². The summed E-state index contributed by atoms with van der Waals surface area (Å²) < 4.78 is 1.49. The third kappa shape index (κ3) is 5.13. The molecule has 0 saturated carbocycles. The summed E-state index contributed by atoms with van der Waals surface area (Å²) in [5.41, 5.74) is 8.02. The van der Waals surface area contributed by atoms with Gasteiger partial charge >= 0.3 is 0 Å². The van der Waals surface area contributed by atoms with Gasteiger partial charge in [0.05, 0.1) is 15.6 Å². The van der Waals surface area contributed by atoms with Crippen molar-refractivity contribution in [1.82, 2.24) is 20.0 Å². The fourth-order valence-electron chi connectivity index (χ4n) is 3.45. The molecule has 1 unspecified atom stereocenters. The van der Waals surface area contributed by atoms with Crippen molar-refractivity contribution >= 4 is 46.0 Å². The number of nitrogens with zero attached hydrogens (tertiary/aromatic N) is 3. The molecule has 4 aromatic rings. The van der Waals surface area contributed by atoms with Crippen LogP contribution in [0.15, 0.2) is 69.3 Å². The molecule has 2 aromatic heterocycles. The van der Waals surface area contributed by atoms with Crippen LogP contribution in [0.4, 0.5) is 0 Å². The maximum atomic E-state index is 12.6. The quantitative estimate of drug-likeness (QED) is 0.371. The zero-order valence-corrected chi connectivity index (χ0v) is 18.9. The third-order valence-corrected chi connectivity index (χ3v) is 6.78. The Morgan fingerprint density at radius 1 is 1.06 bits per heavy atom. The first-order valence-electron chi connectivity index (χ1n) is 9.89. The van der Waals surface area contributed by atoms with E-state index in [4.69, 9.17) is 28.9 Å². The molecule has 160 valence electrons. The Hall–Kier alpha value is -2.32. The van der Waals surface area contributed by atoms with Crippen LogP contribution >= 0.6 is 35.0 Å². The lowest BCUT2D eigenvalue weighted by molar-refractivity contribution is 0.484. The number of nitrogens with two attached hydrogens (primary N) is 1. The molecule has 0 amide bonds. The van der Waals surface area contributed by atoms with Crippen molar-refractivity contribution < 1.29 is 0 Å². The van der Waals surface area contributed by atoms with E-state index in [0.717, 1.165) is 21.9 Å². The van der Waals surface area contributed by atoms with E-state index < -0.39 is 0 Å². The molecule has 0 aliphatic rings. The number of hydrogen-bond donors (Lipinski definition) is 2. The number of H-pyrrole nitrogens is 1. The number of nitrogens with one attached hydrogen (secondary N) is 1. The van der Waals surface area contributed by atoms with Crippen molar-refractivity contribution in [2.24, 2.45) is 5.73 Å². The Morgan fingerprint density at radius 2 is 1.87 bits per heavy atom. The normalized spacial score (nSPS) is 12.4. The van der Waals surface area contributed by atoms with Crippen LogP contribution in [0, 0.1) is 0 Å². The van der Waals surface area contributed by atoms with E-state index >= 15 is 0 Å². The van der Waals surface area contributed by atoms with Gasteiger partial charge in [0.2, 0.25) is 0 Å². The number of aromatic nitrogens is 4. The highest BCUT2D eigenvalue weighted by molar-refractivity contribution is 7.99. The zero-order chi connectivity index (χ0) is 21.8. The van der Waals surface area contributed by atoms with Crippen molar-refractivity contribution in [3.63, 3.8) is 0 Å². The summed E-state index contributed by atoms with van der Waals surface area (Å²) in [6.45, 7) is 0.992. The fraction of sp³-hybridized carbons (Fsp3) is 0.227. The predicted octanol–water partition coefficient (Wildman–Crippen LogP) is 5.10. The van der Waals surface area contributed by atoms with Gasteiger partial charge in [-0.2, -0.15) is 10.2 Å². The zero-order valence-electron chi connectivity index (χ0n) is 16.6. The van der Waals surface area contributed by atoms with Crippen LogP contribution in [0.25, 0.3) is 11.0 Å². The van der Waals surface area contributed by atoms with E-state index in [0.29, 0.717) is 40.6 Å². The van der Waals surface area contributed by atoms with Gasteiger partial charge in [-0.3, -0.25) is 9.89 Å². The molecule has 0 aliphatic heterocycles. The summed E-state index contributed by atoms with van der Waals surface area (Å²) in [4.78, 5) is 13.6. The standard InChI is InChI=1S/C22H21Cl2N5OS/c23-17-7-6-15(12-18(17)24)14(8-10-25)9-11-29-20(30)13-19-21(28-29)22(27-26-19)31-16-4-2-1-3-5-16/h1-7,12-14,26H,8-11,25H2. The number of aryl methyl sites for hydroxylation is 1. The van der Waals surface area contributed by atoms with Gasteiger partial charge in [-0.15, -0.1) is 0 Å². The summed E-state index contributed by atoms with van der Waals surface area (Å²) >= 11 is 13.8. The van der Waals surface area contributed by atoms with Crippen molar-refractivity contribution in [2.45, 2.75) is 35.2 Å². The SMILES string of the molecule is NCCC(CCn1nc2c(Sc3ccccc3)n[nH]c2cc1=O)c1ccc(Cl)c(Cl)c1. The lowest BCUT2D eigenvalue weighted by atomic mass is 9.92. The van der Waals surface area contributed by atoms with E-state index in [9.17, 15) is 4.79 Å². The van der Waals surface area contributed by atoms with Gasteiger partial charge in [0.25, 0.3) is 5.56 Å². The highest BCUT2D eigenvalue weighted by Crippen LogP contribution is 2.31. The number of aromatic amines is 1. The lowest BCUT2D eigenvalue weighted by Gasteiger charge is -2.17. The molecule has 0 bridgehead atoms. The van der Waals surface area contributed by atoms with Crippen molar-refractivity contribution in [3.05, 3.63) is 80.6 Å². The topological polar surface area (TPSA) is 89.6 Å². The summed E-state index contributed by atoms with van der Waals surface area (Å²) in [7, 11) is 0. The van der Waals surface area contributed by atoms with E-state index in [2.05, 4.69) is 15.3 Å². The van der Waals surface area contributed by atoms with E-state index in [1.54, 1.807) is 12.1 Å². The minimum Gasteiger partial charge on any atom is -0.330 e. The van der Waals surface area contributed by atoms with Crippen LogP contribution < -0.4 is 11.3 Å². The van der Waals surface area contributed by atoms with Gasteiger partial charge in [-0.1, -0.05) is 59.2 Å². The second-order valence-corrected chi connectivity index (χ2v) is 9.02. The average molecular weight is 474 g/mol. The maximum Gasteiger partial charge on any atom is 0.268 e. The predicted molar refractivity (Wildman–Crippen MR) is 126 cm³/mol. The number of hydrogen-bond acceptors (Lipinski definition) is 5. The van der Waals surface area contributed by atoms with Gasteiger partial charge in [-0.25, -0.2) is 4.68 Å². The maximum absolute atomic E-state index is 12.6. The van der Waals surface area contributed by atoms with Crippen molar-refractivity contribution in [1.29, 1.82) is 0 Å². The van der Waals surface area contributed by atoms with Crippen molar-refractivity contribution in [2.75, 3.05) is 6.54 Å². The highest BCUT2D eigenvalue weighted by atomic mass is 35.5. The van der Waals surface area contributed by atoms with E-state index in [1.807, 2.05) is 42.5 Å². The van der Waals surface area contributed by atoms with Crippen LogP contribution in [0.2, 0.25) is 10.0 Å². The van der Waals surface area contributed by atoms with Gasteiger partial charge in [0, 0.05) is 17.5 Å². The molecule has 4 rings (SSSR count). The molecule has 3 N–H and O–H groups in total. The van der Waals surface area contributed by atoms with Crippen LogP contribution in [0.3, 0.4) is 0 Å². The minimum absolute atomic E-state index is 0.145.